The Morgan fingerprint density at radius 2 is 2.00 bits per heavy atom. The molecule has 1 saturated heterocycles. The number of aromatic nitrogens is 3. The van der Waals surface area contributed by atoms with E-state index < -0.39 is 0 Å². The molecule has 0 atom stereocenters. The molecule has 0 bridgehead atoms. The van der Waals surface area contributed by atoms with Crippen LogP contribution in [0.2, 0.25) is 0 Å². The van der Waals surface area contributed by atoms with Crippen LogP contribution in [-0.4, -0.2) is 44.5 Å². The first-order chi connectivity index (χ1) is 12.8. The van der Waals surface area contributed by atoms with Gasteiger partial charge in [0.2, 0.25) is 5.91 Å². The van der Waals surface area contributed by atoms with Gasteiger partial charge in [0.05, 0.1) is 13.2 Å². The average molecular weight is 375 g/mol. The van der Waals surface area contributed by atoms with Gasteiger partial charge in [-0.25, -0.2) is 0 Å². The molecule has 7 heteroatoms. The molecule has 0 unspecified atom stereocenters. The Bertz CT molecular complexity index is 705. The molecule has 1 aromatic carbocycles. The van der Waals surface area contributed by atoms with Crippen molar-refractivity contribution in [2.45, 2.75) is 50.9 Å². The van der Waals surface area contributed by atoms with Gasteiger partial charge in [-0.05, 0) is 31.9 Å². The molecule has 0 saturated carbocycles. The molecule has 0 radical (unpaired) electrons. The molecule has 1 fully saturated rings. The van der Waals surface area contributed by atoms with E-state index in [-0.39, 0.29) is 5.91 Å². The zero-order valence-corrected chi connectivity index (χ0v) is 16.1. The zero-order chi connectivity index (χ0) is 18.2. The molecule has 2 aromatic rings. The molecule has 6 nitrogen and oxygen atoms in total. The van der Waals surface area contributed by atoms with E-state index in [9.17, 15) is 4.79 Å². The second kappa shape index (κ2) is 9.62. The van der Waals surface area contributed by atoms with Crippen LogP contribution in [0, 0.1) is 0 Å². The van der Waals surface area contributed by atoms with E-state index in [0.29, 0.717) is 19.6 Å². The highest BCUT2D eigenvalue weighted by Gasteiger charge is 2.20. The number of benzene rings is 1. The van der Waals surface area contributed by atoms with Gasteiger partial charge in [0.1, 0.15) is 5.75 Å². The number of ether oxygens (including phenoxy) is 1. The van der Waals surface area contributed by atoms with Crippen molar-refractivity contribution in [2.75, 3.05) is 18.9 Å². The Balaban J connectivity index is 1.54. The molecule has 3 rings (SSSR count). The number of para-hydroxylation sites is 1. The van der Waals surface area contributed by atoms with Crippen LogP contribution in [-0.2, 0) is 17.9 Å². The number of likely N-dealkylation sites (tertiary alicyclic amines) is 1. The van der Waals surface area contributed by atoms with Gasteiger partial charge < -0.3 is 14.2 Å². The second-order valence-electron chi connectivity index (χ2n) is 6.28. The summed E-state index contributed by atoms with van der Waals surface area (Å²) in [7, 11) is 0. The Kier molecular flexibility index (Phi) is 6.94. The molecule has 0 aliphatic carbocycles. The Morgan fingerprint density at radius 1 is 1.15 bits per heavy atom. The summed E-state index contributed by atoms with van der Waals surface area (Å²) in [6.45, 7) is 4.88. The lowest BCUT2D eigenvalue weighted by Crippen LogP contribution is -2.31. The van der Waals surface area contributed by atoms with E-state index in [1.807, 2.05) is 35.2 Å². The molecule has 2 heterocycles. The fraction of sp³-hybridized carbons (Fsp3) is 0.526. The normalized spacial score (nSPS) is 15.1. The number of carbonyl (C=O) groups is 1. The predicted octanol–water partition coefficient (Wildman–Crippen LogP) is 3.37. The quantitative estimate of drug-likeness (QED) is 0.524. The minimum absolute atomic E-state index is 0.235. The Labute approximate surface area is 158 Å². The van der Waals surface area contributed by atoms with Crippen LogP contribution in [0.1, 0.15) is 38.4 Å². The lowest BCUT2D eigenvalue weighted by molar-refractivity contribution is -0.131. The fourth-order valence-electron chi connectivity index (χ4n) is 3.05. The smallest absolute Gasteiger partial charge is 0.222 e. The minimum Gasteiger partial charge on any atom is -0.493 e. The highest BCUT2D eigenvalue weighted by molar-refractivity contribution is 7.99. The topological polar surface area (TPSA) is 60.2 Å². The molecule has 1 aliphatic heterocycles. The summed E-state index contributed by atoms with van der Waals surface area (Å²) in [5, 5.41) is 9.56. The van der Waals surface area contributed by atoms with Crippen LogP contribution in [0.5, 0.6) is 5.75 Å². The van der Waals surface area contributed by atoms with Gasteiger partial charge >= 0.3 is 0 Å². The molecule has 140 valence electrons. The predicted molar refractivity (Wildman–Crippen MR) is 102 cm³/mol. The summed E-state index contributed by atoms with van der Waals surface area (Å²) in [6, 6.07) is 9.81. The van der Waals surface area contributed by atoms with Crippen molar-refractivity contribution in [1.29, 1.82) is 0 Å². The van der Waals surface area contributed by atoms with Gasteiger partial charge in [-0.15, -0.1) is 10.2 Å². The first-order valence-electron chi connectivity index (χ1n) is 9.28. The van der Waals surface area contributed by atoms with E-state index in [1.54, 1.807) is 11.8 Å². The van der Waals surface area contributed by atoms with Crippen molar-refractivity contribution in [3.05, 3.63) is 36.2 Å². The number of amides is 1. The summed E-state index contributed by atoms with van der Waals surface area (Å²) in [5.41, 5.74) is 0. The summed E-state index contributed by atoms with van der Waals surface area (Å²) >= 11 is 1.64. The maximum atomic E-state index is 12.2. The van der Waals surface area contributed by atoms with Crippen LogP contribution < -0.4 is 4.74 Å². The summed E-state index contributed by atoms with van der Waals surface area (Å²) in [5.74, 6) is 2.79. The van der Waals surface area contributed by atoms with Crippen molar-refractivity contribution >= 4 is 17.7 Å². The maximum Gasteiger partial charge on any atom is 0.222 e. The number of rotatable bonds is 8. The first kappa shape index (κ1) is 18.8. The molecule has 26 heavy (non-hydrogen) atoms. The third-order valence-corrected chi connectivity index (χ3v) is 5.37. The van der Waals surface area contributed by atoms with Crippen LogP contribution in [0.4, 0.5) is 0 Å². The standard InChI is InChI=1S/C19H26N4O2S/c1-2-23-17(15-22-12-8-4-7-11-18(22)24)20-21-19(23)26-14-13-25-16-9-5-3-6-10-16/h3,5-6,9-10H,2,4,7-8,11-15H2,1H3. The first-order valence-corrected chi connectivity index (χ1v) is 10.3. The van der Waals surface area contributed by atoms with Crippen LogP contribution in [0.25, 0.3) is 0 Å². The highest BCUT2D eigenvalue weighted by Crippen LogP contribution is 2.20. The van der Waals surface area contributed by atoms with Crippen LogP contribution in [0.3, 0.4) is 0 Å². The number of nitrogens with zero attached hydrogens (tertiary/aromatic N) is 4. The molecule has 1 aliphatic rings. The van der Waals surface area contributed by atoms with Crippen LogP contribution in [0.15, 0.2) is 35.5 Å². The van der Waals surface area contributed by atoms with Crippen molar-refractivity contribution in [2.24, 2.45) is 0 Å². The molecular weight excluding hydrogens is 348 g/mol. The van der Waals surface area contributed by atoms with Gasteiger partial charge in [0, 0.05) is 25.3 Å². The van der Waals surface area contributed by atoms with E-state index in [4.69, 9.17) is 4.74 Å². The van der Waals surface area contributed by atoms with E-state index in [1.165, 1.54) is 0 Å². The van der Waals surface area contributed by atoms with Gasteiger partial charge in [0.25, 0.3) is 0 Å². The maximum absolute atomic E-state index is 12.2. The number of hydrogen-bond donors (Lipinski definition) is 0. The SMILES string of the molecule is CCn1c(CN2CCCCCC2=O)nnc1SCCOc1ccccc1. The lowest BCUT2D eigenvalue weighted by Gasteiger charge is -2.20. The van der Waals surface area contributed by atoms with Gasteiger partial charge in [0.15, 0.2) is 11.0 Å². The van der Waals surface area contributed by atoms with Gasteiger partial charge in [-0.3, -0.25) is 4.79 Å². The van der Waals surface area contributed by atoms with E-state index in [2.05, 4.69) is 21.7 Å². The van der Waals surface area contributed by atoms with E-state index in [0.717, 1.165) is 54.8 Å². The summed E-state index contributed by atoms with van der Waals surface area (Å²) in [4.78, 5) is 14.1. The van der Waals surface area contributed by atoms with Crippen molar-refractivity contribution in [1.82, 2.24) is 19.7 Å². The monoisotopic (exact) mass is 374 g/mol. The summed E-state index contributed by atoms with van der Waals surface area (Å²) in [6.07, 6.45) is 3.85. The largest absolute Gasteiger partial charge is 0.493 e. The second-order valence-corrected chi connectivity index (χ2v) is 7.34. The average Bonchev–Trinajstić information content (AvgIpc) is 2.94. The number of thioether (sulfide) groups is 1. The fourth-order valence-corrected chi connectivity index (χ4v) is 3.88. The third-order valence-electron chi connectivity index (χ3n) is 4.44. The number of carbonyl (C=O) groups excluding carboxylic acids is 1. The third kappa shape index (κ3) is 5.00. The molecular formula is C19H26N4O2S. The molecule has 1 aromatic heterocycles. The highest BCUT2D eigenvalue weighted by atomic mass is 32.2. The Morgan fingerprint density at radius 3 is 2.81 bits per heavy atom. The Hall–Kier alpha value is -2.02. The molecule has 0 N–H and O–H groups in total. The lowest BCUT2D eigenvalue weighted by atomic mass is 10.2. The molecule has 0 spiro atoms. The van der Waals surface area contributed by atoms with Crippen LogP contribution >= 0.6 is 11.8 Å². The van der Waals surface area contributed by atoms with Gasteiger partial charge in [-0.1, -0.05) is 36.4 Å². The van der Waals surface area contributed by atoms with Gasteiger partial charge in [-0.2, -0.15) is 0 Å². The summed E-state index contributed by atoms with van der Waals surface area (Å²) < 4.78 is 7.83. The van der Waals surface area contributed by atoms with Crippen molar-refractivity contribution in [3.63, 3.8) is 0 Å². The molecule has 1 amide bonds. The van der Waals surface area contributed by atoms with Crippen molar-refractivity contribution < 1.29 is 9.53 Å². The number of hydrogen-bond acceptors (Lipinski definition) is 5. The van der Waals surface area contributed by atoms with Crippen molar-refractivity contribution in [3.8, 4) is 5.75 Å². The zero-order valence-electron chi connectivity index (χ0n) is 15.3. The minimum atomic E-state index is 0.235. The van der Waals surface area contributed by atoms with E-state index >= 15 is 0 Å².